The van der Waals surface area contributed by atoms with Gasteiger partial charge in [0.25, 0.3) is 0 Å². The molecule has 0 radical (unpaired) electrons. The van der Waals surface area contributed by atoms with E-state index in [1.807, 2.05) is 36.7 Å². The number of ether oxygens (including phenoxy) is 2. The molecule has 0 amide bonds. The fourth-order valence-corrected chi connectivity index (χ4v) is 2.57. The summed E-state index contributed by atoms with van der Waals surface area (Å²) in [5.74, 6) is 0.745. The molecule has 23 heavy (non-hydrogen) atoms. The number of aromatic nitrogens is 2. The molecule has 1 heterocycles. The lowest BCUT2D eigenvalue weighted by molar-refractivity contribution is -0.0985. The zero-order valence-electron chi connectivity index (χ0n) is 14.0. The SMILES string of the molecule is CCC(Oc1ccc(Cl)cc1)OC(C)C(=C(C)C)n1ccnc1. The van der Waals surface area contributed by atoms with Crippen molar-refractivity contribution < 1.29 is 9.47 Å². The van der Waals surface area contributed by atoms with Crippen molar-refractivity contribution in [1.82, 2.24) is 9.55 Å². The van der Waals surface area contributed by atoms with E-state index in [9.17, 15) is 0 Å². The number of benzene rings is 1. The first-order valence-corrected chi connectivity index (χ1v) is 8.12. The first-order chi connectivity index (χ1) is 11.0. The third-order valence-electron chi connectivity index (χ3n) is 3.45. The van der Waals surface area contributed by atoms with Crippen LogP contribution in [0.1, 0.15) is 34.1 Å². The highest BCUT2D eigenvalue weighted by Gasteiger charge is 2.19. The molecule has 124 valence electrons. The van der Waals surface area contributed by atoms with Crippen molar-refractivity contribution in [3.63, 3.8) is 0 Å². The van der Waals surface area contributed by atoms with Crippen LogP contribution >= 0.6 is 11.6 Å². The predicted molar refractivity (Wildman–Crippen MR) is 93.5 cm³/mol. The standard InChI is InChI=1S/C18H23ClN2O2/c1-5-17(23-16-8-6-15(19)7-9-16)22-14(4)18(13(2)3)21-11-10-20-12-21/h6-12,14,17H,5H2,1-4H3. The third-order valence-corrected chi connectivity index (χ3v) is 3.70. The van der Waals surface area contributed by atoms with E-state index in [-0.39, 0.29) is 12.4 Å². The fraction of sp³-hybridized carbons (Fsp3) is 0.389. The van der Waals surface area contributed by atoms with Gasteiger partial charge in [0.05, 0.1) is 18.1 Å². The molecule has 0 aliphatic heterocycles. The second-order valence-corrected chi connectivity index (χ2v) is 5.98. The van der Waals surface area contributed by atoms with Gasteiger partial charge in [-0.25, -0.2) is 4.98 Å². The highest BCUT2D eigenvalue weighted by Crippen LogP contribution is 2.22. The van der Waals surface area contributed by atoms with Crippen LogP contribution in [0.3, 0.4) is 0 Å². The van der Waals surface area contributed by atoms with Gasteiger partial charge in [-0.3, -0.25) is 0 Å². The number of halogens is 1. The van der Waals surface area contributed by atoms with Crippen LogP contribution in [0, 0.1) is 0 Å². The first-order valence-electron chi connectivity index (χ1n) is 7.74. The van der Waals surface area contributed by atoms with E-state index >= 15 is 0 Å². The van der Waals surface area contributed by atoms with Gasteiger partial charge in [0.2, 0.25) is 0 Å². The van der Waals surface area contributed by atoms with Crippen LogP contribution in [0.4, 0.5) is 0 Å². The monoisotopic (exact) mass is 334 g/mol. The smallest absolute Gasteiger partial charge is 0.200 e. The number of hydrogen-bond acceptors (Lipinski definition) is 3. The van der Waals surface area contributed by atoms with Crippen LogP contribution in [-0.2, 0) is 4.74 Å². The second-order valence-electron chi connectivity index (χ2n) is 5.54. The molecule has 0 aliphatic carbocycles. The zero-order chi connectivity index (χ0) is 16.8. The van der Waals surface area contributed by atoms with Crippen molar-refractivity contribution in [1.29, 1.82) is 0 Å². The van der Waals surface area contributed by atoms with Crippen LogP contribution in [0.15, 0.2) is 48.6 Å². The van der Waals surface area contributed by atoms with E-state index in [0.29, 0.717) is 5.02 Å². The van der Waals surface area contributed by atoms with Crippen molar-refractivity contribution in [2.75, 3.05) is 0 Å². The lowest BCUT2D eigenvalue weighted by atomic mass is 10.2. The molecule has 1 aromatic heterocycles. The van der Waals surface area contributed by atoms with Crippen molar-refractivity contribution in [2.24, 2.45) is 0 Å². The minimum atomic E-state index is -0.330. The molecular weight excluding hydrogens is 312 g/mol. The van der Waals surface area contributed by atoms with Crippen molar-refractivity contribution in [3.05, 3.63) is 53.6 Å². The summed E-state index contributed by atoms with van der Waals surface area (Å²) in [6, 6.07) is 7.30. The lowest BCUT2D eigenvalue weighted by Gasteiger charge is -2.25. The highest BCUT2D eigenvalue weighted by atomic mass is 35.5. The quantitative estimate of drug-likeness (QED) is 0.668. The summed E-state index contributed by atoms with van der Waals surface area (Å²) in [4.78, 5) is 4.11. The van der Waals surface area contributed by atoms with E-state index in [1.54, 1.807) is 24.7 Å². The molecule has 2 unspecified atom stereocenters. The number of rotatable bonds is 7. The van der Waals surface area contributed by atoms with Crippen LogP contribution < -0.4 is 4.74 Å². The molecule has 1 aromatic carbocycles. The van der Waals surface area contributed by atoms with Crippen LogP contribution in [0.2, 0.25) is 5.02 Å². The summed E-state index contributed by atoms with van der Waals surface area (Å²) in [6.45, 7) is 8.19. The minimum absolute atomic E-state index is 0.119. The molecule has 0 fully saturated rings. The number of imidazole rings is 1. The Morgan fingerprint density at radius 2 is 1.96 bits per heavy atom. The van der Waals surface area contributed by atoms with Crippen molar-refractivity contribution in [3.8, 4) is 5.75 Å². The number of allylic oxidation sites excluding steroid dienone is 1. The van der Waals surface area contributed by atoms with Gasteiger partial charge in [-0.1, -0.05) is 24.1 Å². The van der Waals surface area contributed by atoms with E-state index in [4.69, 9.17) is 21.1 Å². The van der Waals surface area contributed by atoms with Gasteiger partial charge in [-0.2, -0.15) is 0 Å². The Morgan fingerprint density at radius 1 is 1.26 bits per heavy atom. The minimum Gasteiger partial charge on any atom is -0.465 e. The second kappa shape index (κ2) is 8.18. The van der Waals surface area contributed by atoms with E-state index in [1.165, 1.54) is 5.57 Å². The molecule has 4 nitrogen and oxygen atoms in total. The maximum absolute atomic E-state index is 6.12. The Labute approximate surface area is 142 Å². The Morgan fingerprint density at radius 3 is 2.48 bits per heavy atom. The Hall–Kier alpha value is -1.78. The average Bonchev–Trinajstić information content (AvgIpc) is 3.02. The van der Waals surface area contributed by atoms with Gasteiger partial charge in [0.15, 0.2) is 6.29 Å². The summed E-state index contributed by atoms with van der Waals surface area (Å²) in [5.41, 5.74) is 2.25. The molecule has 5 heteroatoms. The molecule has 0 N–H and O–H groups in total. The van der Waals surface area contributed by atoms with Crippen molar-refractivity contribution in [2.45, 2.75) is 46.5 Å². The van der Waals surface area contributed by atoms with Gasteiger partial charge in [-0.05, 0) is 45.0 Å². The van der Waals surface area contributed by atoms with Gasteiger partial charge in [0.1, 0.15) is 5.75 Å². The molecule has 0 spiro atoms. The normalized spacial score (nSPS) is 13.4. The van der Waals surface area contributed by atoms with E-state index in [0.717, 1.165) is 17.9 Å². The van der Waals surface area contributed by atoms with Gasteiger partial charge in [0, 0.05) is 23.8 Å². The lowest BCUT2D eigenvalue weighted by Crippen LogP contribution is -2.27. The maximum atomic E-state index is 6.12. The molecule has 2 aromatic rings. The summed E-state index contributed by atoms with van der Waals surface area (Å²) < 4.78 is 14.0. The Bertz CT molecular complexity index is 632. The highest BCUT2D eigenvalue weighted by molar-refractivity contribution is 6.30. The zero-order valence-corrected chi connectivity index (χ0v) is 14.7. The maximum Gasteiger partial charge on any atom is 0.200 e. The summed E-state index contributed by atoms with van der Waals surface area (Å²) in [7, 11) is 0. The van der Waals surface area contributed by atoms with Crippen LogP contribution in [0.5, 0.6) is 5.75 Å². The topological polar surface area (TPSA) is 36.3 Å². The molecule has 0 aliphatic rings. The Balaban J connectivity index is 2.08. The molecule has 0 saturated carbocycles. The summed E-state index contributed by atoms with van der Waals surface area (Å²) in [5, 5.41) is 0.687. The van der Waals surface area contributed by atoms with E-state index in [2.05, 4.69) is 18.8 Å². The largest absolute Gasteiger partial charge is 0.465 e. The van der Waals surface area contributed by atoms with Gasteiger partial charge in [-0.15, -0.1) is 0 Å². The molecule has 0 saturated heterocycles. The summed E-state index contributed by atoms with van der Waals surface area (Å²) >= 11 is 5.90. The third kappa shape index (κ3) is 4.85. The first kappa shape index (κ1) is 17.6. The van der Waals surface area contributed by atoms with E-state index < -0.39 is 0 Å². The predicted octanol–water partition coefficient (Wildman–Crippen LogP) is 5.01. The van der Waals surface area contributed by atoms with Crippen LogP contribution in [-0.4, -0.2) is 21.9 Å². The number of nitrogens with zero attached hydrogens (tertiary/aromatic N) is 2. The molecule has 0 bridgehead atoms. The molecule has 2 atom stereocenters. The molecular formula is C18H23ClN2O2. The van der Waals surface area contributed by atoms with Gasteiger partial charge >= 0.3 is 0 Å². The van der Waals surface area contributed by atoms with Crippen molar-refractivity contribution >= 4 is 17.3 Å². The van der Waals surface area contributed by atoms with Gasteiger partial charge < -0.3 is 14.0 Å². The summed E-state index contributed by atoms with van der Waals surface area (Å²) in [6.07, 6.45) is 5.76. The molecule has 2 rings (SSSR count). The number of hydrogen-bond donors (Lipinski definition) is 0. The van der Waals surface area contributed by atoms with Crippen LogP contribution in [0.25, 0.3) is 5.70 Å². The Kier molecular flexibility index (Phi) is 6.25. The average molecular weight is 335 g/mol. The fourth-order valence-electron chi connectivity index (χ4n) is 2.44.